The molecule has 0 aliphatic rings. The van der Waals surface area contributed by atoms with E-state index in [1.165, 1.54) is 6.07 Å². The quantitative estimate of drug-likeness (QED) is 0.750. The third-order valence-corrected chi connectivity index (χ3v) is 2.40. The third-order valence-electron chi connectivity index (χ3n) is 2.40. The predicted molar refractivity (Wildman–Crippen MR) is 66.1 cm³/mol. The summed E-state index contributed by atoms with van der Waals surface area (Å²) in [4.78, 5) is 3.92. The summed E-state index contributed by atoms with van der Waals surface area (Å²) in [6.45, 7) is 7.56. The van der Waals surface area contributed by atoms with Gasteiger partial charge in [0.2, 0.25) is 0 Å². The number of halogens is 1. The van der Waals surface area contributed by atoms with E-state index >= 15 is 0 Å². The van der Waals surface area contributed by atoms with Gasteiger partial charge in [0, 0.05) is 11.2 Å². The first kappa shape index (κ1) is 13.9. The summed E-state index contributed by atoms with van der Waals surface area (Å²) in [5.74, 6) is -0.668. The van der Waals surface area contributed by atoms with Crippen LogP contribution in [0.5, 0.6) is 0 Å². The van der Waals surface area contributed by atoms with Gasteiger partial charge < -0.3 is 16.2 Å². The summed E-state index contributed by atoms with van der Waals surface area (Å²) >= 11 is 0. The molecule has 1 heterocycles. The van der Waals surface area contributed by atoms with Crippen molar-refractivity contribution in [2.24, 2.45) is 0 Å². The zero-order valence-corrected chi connectivity index (χ0v) is 10.7. The van der Waals surface area contributed by atoms with Crippen LogP contribution >= 0.6 is 0 Å². The number of hydrogen-bond acceptors (Lipinski definition) is 4. The number of aromatic nitrogens is 1. The van der Waals surface area contributed by atoms with Gasteiger partial charge in [-0.1, -0.05) is 0 Å². The minimum absolute atomic E-state index is 0.112. The molecule has 0 saturated heterocycles. The Bertz CT molecular complexity index is 401. The van der Waals surface area contributed by atoms with E-state index in [1.54, 1.807) is 6.92 Å². The minimum Gasteiger partial charge on any atom is -0.394 e. The van der Waals surface area contributed by atoms with Crippen LogP contribution in [0.25, 0.3) is 0 Å². The highest BCUT2D eigenvalue weighted by atomic mass is 19.1. The molecule has 4 nitrogen and oxygen atoms in total. The molecule has 1 aromatic heterocycles. The van der Waals surface area contributed by atoms with E-state index < -0.39 is 5.82 Å². The van der Waals surface area contributed by atoms with E-state index in [2.05, 4.69) is 10.3 Å². The molecular weight excluding hydrogens is 221 g/mol. The highest BCUT2D eigenvalue weighted by Gasteiger charge is 2.21. The van der Waals surface area contributed by atoms with Gasteiger partial charge in [-0.2, -0.15) is 0 Å². The number of aryl methyl sites for hydroxylation is 1. The fourth-order valence-corrected chi connectivity index (χ4v) is 1.71. The lowest BCUT2D eigenvalue weighted by Crippen LogP contribution is -2.40. The van der Waals surface area contributed by atoms with Gasteiger partial charge in [-0.3, -0.25) is 0 Å². The van der Waals surface area contributed by atoms with Gasteiger partial charge in [0.25, 0.3) is 0 Å². The second-order valence-corrected chi connectivity index (χ2v) is 5.16. The molecule has 0 fully saturated rings. The Morgan fingerprint density at radius 3 is 2.59 bits per heavy atom. The molecule has 0 amide bonds. The third kappa shape index (κ3) is 3.64. The maximum absolute atomic E-state index is 13.4. The summed E-state index contributed by atoms with van der Waals surface area (Å²) in [6.07, 6.45) is 0. The lowest BCUT2D eigenvalue weighted by atomic mass is 10.0. The van der Waals surface area contributed by atoms with Crippen LogP contribution in [0.15, 0.2) is 6.07 Å². The number of rotatable bonds is 3. The van der Waals surface area contributed by atoms with Crippen LogP contribution in [-0.2, 0) is 0 Å². The van der Waals surface area contributed by atoms with E-state index in [0.717, 1.165) is 0 Å². The molecule has 5 heteroatoms. The molecule has 0 bridgehead atoms. The second-order valence-electron chi connectivity index (χ2n) is 5.16. The first-order valence-electron chi connectivity index (χ1n) is 5.55. The molecule has 1 rings (SSSR count). The number of aliphatic hydroxyl groups is 1. The van der Waals surface area contributed by atoms with E-state index in [0.29, 0.717) is 11.3 Å². The Balaban J connectivity index is 3.08. The summed E-state index contributed by atoms with van der Waals surface area (Å²) in [5, 5.41) is 12.6. The van der Waals surface area contributed by atoms with Crippen LogP contribution in [0, 0.1) is 12.7 Å². The molecule has 17 heavy (non-hydrogen) atoms. The van der Waals surface area contributed by atoms with Crippen LogP contribution in [-0.4, -0.2) is 22.2 Å². The molecular formula is C12H20FN3O. The molecule has 0 aliphatic heterocycles. The maximum Gasteiger partial charge on any atom is 0.165 e. The Morgan fingerprint density at radius 1 is 1.53 bits per heavy atom. The molecule has 4 N–H and O–H groups in total. The smallest absolute Gasteiger partial charge is 0.165 e. The number of nitrogens with one attached hydrogen (secondary N) is 1. The average molecular weight is 241 g/mol. The molecule has 0 aromatic carbocycles. The maximum atomic E-state index is 13.4. The largest absolute Gasteiger partial charge is 0.394 e. The Morgan fingerprint density at radius 2 is 2.12 bits per heavy atom. The van der Waals surface area contributed by atoms with Crippen molar-refractivity contribution in [2.45, 2.75) is 39.3 Å². The summed E-state index contributed by atoms with van der Waals surface area (Å²) in [7, 11) is 0. The van der Waals surface area contributed by atoms with Crippen molar-refractivity contribution in [1.29, 1.82) is 0 Å². The van der Waals surface area contributed by atoms with Gasteiger partial charge in [-0.05, 0) is 39.3 Å². The molecule has 1 aromatic rings. The fraction of sp³-hybridized carbons (Fsp3) is 0.583. The van der Waals surface area contributed by atoms with Gasteiger partial charge in [0.15, 0.2) is 11.6 Å². The SMILES string of the molecule is Cc1nc(N)c(F)cc1[C@@H](CO)NC(C)(C)C. The van der Waals surface area contributed by atoms with Gasteiger partial charge >= 0.3 is 0 Å². The van der Waals surface area contributed by atoms with E-state index in [1.807, 2.05) is 20.8 Å². The van der Waals surface area contributed by atoms with Crippen LogP contribution in [0.3, 0.4) is 0 Å². The van der Waals surface area contributed by atoms with Crippen LogP contribution in [0.4, 0.5) is 10.2 Å². The zero-order valence-electron chi connectivity index (χ0n) is 10.7. The molecule has 0 spiro atoms. The number of aliphatic hydroxyl groups excluding tert-OH is 1. The standard InChI is InChI=1S/C12H20FN3O/c1-7-8(5-9(13)11(14)15-7)10(6-17)16-12(2,3)4/h5,10,16-17H,6H2,1-4H3,(H2,14,15)/t10-/m1/s1. The van der Waals surface area contributed by atoms with Gasteiger partial charge in [0.05, 0.1) is 12.6 Å². The number of nitrogen functional groups attached to an aromatic ring is 1. The van der Waals surface area contributed by atoms with E-state index in [-0.39, 0.29) is 24.0 Å². The van der Waals surface area contributed by atoms with Gasteiger partial charge in [-0.25, -0.2) is 9.37 Å². The highest BCUT2D eigenvalue weighted by Crippen LogP contribution is 2.22. The molecule has 1 atom stereocenters. The highest BCUT2D eigenvalue weighted by molar-refractivity contribution is 5.37. The second kappa shape index (κ2) is 4.98. The molecule has 0 radical (unpaired) electrons. The summed E-state index contributed by atoms with van der Waals surface area (Å²) in [5.41, 5.74) is 6.46. The van der Waals surface area contributed by atoms with Crippen LogP contribution in [0.2, 0.25) is 0 Å². The number of hydrogen-bond donors (Lipinski definition) is 3. The van der Waals surface area contributed by atoms with Crippen molar-refractivity contribution in [3.05, 3.63) is 23.1 Å². The fourth-order valence-electron chi connectivity index (χ4n) is 1.71. The Hall–Kier alpha value is -1.20. The lowest BCUT2D eigenvalue weighted by Gasteiger charge is -2.28. The first-order valence-corrected chi connectivity index (χ1v) is 5.55. The van der Waals surface area contributed by atoms with Crippen molar-refractivity contribution >= 4 is 5.82 Å². The molecule has 0 saturated carbocycles. The molecule has 0 unspecified atom stereocenters. The summed E-state index contributed by atoms with van der Waals surface area (Å²) in [6, 6.07) is 0.981. The minimum atomic E-state index is -0.556. The number of nitrogens with two attached hydrogens (primary N) is 1. The number of anilines is 1. The van der Waals surface area contributed by atoms with Crippen molar-refractivity contribution < 1.29 is 9.50 Å². The van der Waals surface area contributed by atoms with Crippen molar-refractivity contribution in [1.82, 2.24) is 10.3 Å². The molecule has 96 valence electrons. The average Bonchev–Trinajstić information content (AvgIpc) is 2.19. The molecule has 0 aliphatic carbocycles. The monoisotopic (exact) mass is 241 g/mol. The summed E-state index contributed by atoms with van der Waals surface area (Å²) < 4.78 is 13.4. The zero-order chi connectivity index (χ0) is 13.2. The van der Waals surface area contributed by atoms with Crippen molar-refractivity contribution in [3.8, 4) is 0 Å². The van der Waals surface area contributed by atoms with Crippen LogP contribution < -0.4 is 11.1 Å². The van der Waals surface area contributed by atoms with Gasteiger partial charge in [-0.15, -0.1) is 0 Å². The Kier molecular flexibility index (Phi) is 4.06. The predicted octanol–water partition coefficient (Wildman–Crippen LogP) is 1.53. The lowest BCUT2D eigenvalue weighted by molar-refractivity contribution is 0.216. The van der Waals surface area contributed by atoms with Crippen molar-refractivity contribution in [3.63, 3.8) is 0 Å². The Labute approximate surface area is 101 Å². The topological polar surface area (TPSA) is 71.2 Å². The van der Waals surface area contributed by atoms with Gasteiger partial charge in [0.1, 0.15) is 0 Å². The normalized spacial score (nSPS) is 13.8. The van der Waals surface area contributed by atoms with Crippen molar-refractivity contribution in [2.75, 3.05) is 12.3 Å². The van der Waals surface area contributed by atoms with E-state index in [9.17, 15) is 9.50 Å². The van der Waals surface area contributed by atoms with Crippen LogP contribution in [0.1, 0.15) is 38.1 Å². The number of nitrogens with zero attached hydrogens (tertiary/aromatic N) is 1. The van der Waals surface area contributed by atoms with E-state index in [4.69, 9.17) is 5.73 Å². The number of pyridine rings is 1. The first-order chi connectivity index (χ1) is 7.74.